The lowest BCUT2D eigenvalue weighted by molar-refractivity contribution is -0.127. The van der Waals surface area contributed by atoms with Gasteiger partial charge in [0.25, 0.3) is 5.91 Å². The molecule has 0 saturated carbocycles. The number of nitrogens with one attached hydrogen (secondary N) is 1. The number of aliphatic hydroxyl groups excluding tert-OH is 1. The first kappa shape index (κ1) is 15.0. The van der Waals surface area contributed by atoms with Crippen LogP contribution in [-0.4, -0.2) is 47.2 Å². The number of aliphatic hydroxyl groups is 1. The molecule has 0 aliphatic carbocycles. The Morgan fingerprint density at radius 2 is 2.14 bits per heavy atom. The number of phenols is 1. The molecule has 1 aliphatic rings. The molecular weight excluding hydrogens is 270 g/mol. The third-order valence-corrected chi connectivity index (χ3v) is 3.34. The molecule has 3 N–H and O–H groups in total. The molecule has 0 spiro atoms. The standard InChI is InChI=1S/C15H17N3O3/c16-9-12(15(21)18-5-3-17-4-6-18)7-11-1-2-14(20)13(8-11)10-19/h1-2,7-8,17,19-20H,3-6,10H2/b12-7+. The predicted octanol–water partition coefficient (Wildman–Crippen LogP) is 0.223. The summed E-state index contributed by atoms with van der Waals surface area (Å²) < 4.78 is 0. The molecule has 1 heterocycles. The highest BCUT2D eigenvalue weighted by Gasteiger charge is 2.20. The van der Waals surface area contributed by atoms with Gasteiger partial charge in [-0.1, -0.05) is 6.07 Å². The van der Waals surface area contributed by atoms with Crippen LogP contribution in [0.4, 0.5) is 0 Å². The summed E-state index contributed by atoms with van der Waals surface area (Å²) in [6, 6.07) is 6.50. The van der Waals surface area contributed by atoms with E-state index in [1.165, 1.54) is 12.1 Å². The largest absolute Gasteiger partial charge is 0.508 e. The summed E-state index contributed by atoms with van der Waals surface area (Å²) in [5.74, 6) is -0.306. The molecule has 6 heteroatoms. The maximum atomic E-state index is 12.3. The molecule has 1 aromatic carbocycles. The average Bonchev–Trinajstić information content (AvgIpc) is 2.54. The van der Waals surface area contributed by atoms with E-state index in [2.05, 4.69) is 5.32 Å². The van der Waals surface area contributed by atoms with Gasteiger partial charge in [-0.15, -0.1) is 0 Å². The molecule has 1 amide bonds. The van der Waals surface area contributed by atoms with Gasteiger partial charge in [-0.05, 0) is 23.8 Å². The first-order chi connectivity index (χ1) is 10.2. The van der Waals surface area contributed by atoms with Crippen molar-refractivity contribution in [3.05, 3.63) is 34.9 Å². The van der Waals surface area contributed by atoms with Crippen LogP contribution in [0, 0.1) is 11.3 Å². The van der Waals surface area contributed by atoms with Crippen molar-refractivity contribution in [3.8, 4) is 11.8 Å². The molecule has 110 valence electrons. The fraction of sp³-hybridized carbons (Fsp3) is 0.333. The molecule has 1 fully saturated rings. The molecule has 6 nitrogen and oxygen atoms in total. The van der Waals surface area contributed by atoms with Gasteiger partial charge in [-0.25, -0.2) is 0 Å². The molecule has 0 radical (unpaired) electrons. The van der Waals surface area contributed by atoms with Gasteiger partial charge < -0.3 is 20.4 Å². The molecule has 2 rings (SSSR count). The smallest absolute Gasteiger partial charge is 0.264 e. The number of amides is 1. The summed E-state index contributed by atoms with van der Waals surface area (Å²) in [4.78, 5) is 13.9. The van der Waals surface area contributed by atoms with Crippen LogP contribution in [0.1, 0.15) is 11.1 Å². The highest BCUT2D eigenvalue weighted by molar-refractivity contribution is 6.01. The van der Waals surface area contributed by atoms with Crippen LogP contribution in [0.5, 0.6) is 5.75 Å². The van der Waals surface area contributed by atoms with Crippen LogP contribution in [0.2, 0.25) is 0 Å². The minimum atomic E-state index is -0.304. The van der Waals surface area contributed by atoms with Gasteiger partial charge in [0, 0.05) is 31.7 Å². The van der Waals surface area contributed by atoms with Gasteiger partial charge in [-0.2, -0.15) is 5.26 Å². The van der Waals surface area contributed by atoms with E-state index >= 15 is 0 Å². The summed E-state index contributed by atoms with van der Waals surface area (Å²) in [7, 11) is 0. The van der Waals surface area contributed by atoms with Gasteiger partial charge in [0.15, 0.2) is 0 Å². The lowest BCUT2D eigenvalue weighted by Gasteiger charge is -2.27. The van der Waals surface area contributed by atoms with Crippen molar-refractivity contribution in [1.29, 1.82) is 5.26 Å². The third-order valence-electron chi connectivity index (χ3n) is 3.34. The van der Waals surface area contributed by atoms with E-state index in [4.69, 9.17) is 5.11 Å². The zero-order valence-electron chi connectivity index (χ0n) is 11.5. The molecule has 0 bridgehead atoms. The van der Waals surface area contributed by atoms with Crippen molar-refractivity contribution in [2.24, 2.45) is 0 Å². The van der Waals surface area contributed by atoms with Crippen molar-refractivity contribution >= 4 is 12.0 Å². The Balaban J connectivity index is 2.24. The number of rotatable bonds is 3. The SMILES string of the molecule is N#C/C(=C\c1ccc(O)c(CO)c1)C(=O)N1CCNCC1. The number of carbonyl (C=O) groups excluding carboxylic acids is 1. The van der Waals surface area contributed by atoms with Crippen molar-refractivity contribution in [1.82, 2.24) is 10.2 Å². The van der Waals surface area contributed by atoms with Crippen molar-refractivity contribution in [3.63, 3.8) is 0 Å². The van der Waals surface area contributed by atoms with Gasteiger partial charge >= 0.3 is 0 Å². The van der Waals surface area contributed by atoms with Crippen molar-refractivity contribution in [2.75, 3.05) is 26.2 Å². The van der Waals surface area contributed by atoms with Gasteiger partial charge in [0.2, 0.25) is 0 Å². The summed E-state index contributed by atoms with van der Waals surface area (Å²) >= 11 is 0. The van der Waals surface area contributed by atoms with Crippen LogP contribution < -0.4 is 5.32 Å². The van der Waals surface area contributed by atoms with E-state index in [0.717, 1.165) is 13.1 Å². The van der Waals surface area contributed by atoms with Crippen molar-refractivity contribution < 1.29 is 15.0 Å². The average molecular weight is 287 g/mol. The molecule has 0 aromatic heterocycles. The van der Waals surface area contributed by atoms with E-state index in [1.807, 2.05) is 6.07 Å². The van der Waals surface area contributed by atoms with E-state index in [1.54, 1.807) is 17.0 Å². The highest BCUT2D eigenvalue weighted by atomic mass is 16.3. The normalized spacial score (nSPS) is 15.6. The maximum absolute atomic E-state index is 12.3. The molecule has 0 atom stereocenters. The lowest BCUT2D eigenvalue weighted by atomic mass is 10.1. The minimum absolute atomic E-state index is 0.0124. The topological polar surface area (TPSA) is 96.6 Å². The number of nitriles is 1. The van der Waals surface area contributed by atoms with Crippen LogP contribution in [0.3, 0.4) is 0 Å². The number of nitrogens with zero attached hydrogens (tertiary/aromatic N) is 2. The van der Waals surface area contributed by atoms with Gasteiger partial charge in [0.05, 0.1) is 6.61 Å². The lowest BCUT2D eigenvalue weighted by Crippen LogP contribution is -2.46. The maximum Gasteiger partial charge on any atom is 0.264 e. The van der Waals surface area contributed by atoms with Gasteiger partial charge in [-0.3, -0.25) is 4.79 Å². The molecule has 21 heavy (non-hydrogen) atoms. The molecular formula is C15H17N3O3. The van der Waals surface area contributed by atoms with Crippen LogP contribution in [0.15, 0.2) is 23.8 Å². The van der Waals surface area contributed by atoms with E-state index in [9.17, 15) is 15.2 Å². The number of carbonyl (C=O) groups is 1. The zero-order valence-corrected chi connectivity index (χ0v) is 11.5. The van der Waals surface area contributed by atoms with Gasteiger partial charge in [0.1, 0.15) is 17.4 Å². The monoisotopic (exact) mass is 287 g/mol. The fourth-order valence-electron chi connectivity index (χ4n) is 2.17. The second-order valence-electron chi connectivity index (χ2n) is 4.76. The Kier molecular flexibility index (Phi) is 4.93. The Labute approximate surface area is 122 Å². The predicted molar refractivity (Wildman–Crippen MR) is 77.1 cm³/mol. The van der Waals surface area contributed by atoms with E-state index < -0.39 is 0 Å². The molecule has 1 aromatic rings. The first-order valence-corrected chi connectivity index (χ1v) is 6.70. The number of piperazine rings is 1. The Hall–Kier alpha value is -2.36. The summed E-state index contributed by atoms with van der Waals surface area (Å²) in [5, 5.41) is 31.0. The van der Waals surface area contributed by atoms with Crippen molar-refractivity contribution in [2.45, 2.75) is 6.61 Å². The summed E-state index contributed by atoms with van der Waals surface area (Å²) in [6.07, 6.45) is 1.48. The van der Waals surface area contributed by atoms with Crippen LogP contribution in [0.25, 0.3) is 6.08 Å². The van der Waals surface area contributed by atoms with E-state index in [0.29, 0.717) is 24.2 Å². The Morgan fingerprint density at radius 3 is 2.76 bits per heavy atom. The number of hydrogen-bond acceptors (Lipinski definition) is 5. The third kappa shape index (κ3) is 3.60. The molecule has 0 unspecified atom stereocenters. The fourth-order valence-corrected chi connectivity index (χ4v) is 2.17. The highest BCUT2D eigenvalue weighted by Crippen LogP contribution is 2.20. The minimum Gasteiger partial charge on any atom is -0.508 e. The second kappa shape index (κ2) is 6.88. The molecule has 1 saturated heterocycles. The second-order valence-corrected chi connectivity index (χ2v) is 4.76. The van der Waals surface area contributed by atoms with E-state index in [-0.39, 0.29) is 23.8 Å². The summed E-state index contributed by atoms with van der Waals surface area (Å²) in [6.45, 7) is 2.29. The number of aromatic hydroxyl groups is 1. The summed E-state index contributed by atoms with van der Waals surface area (Å²) in [5.41, 5.74) is 0.999. The Bertz CT molecular complexity index is 599. The quantitative estimate of drug-likeness (QED) is 0.546. The number of benzene rings is 1. The Morgan fingerprint density at radius 1 is 1.43 bits per heavy atom. The first-order valence-electron chi connectivity index (χ1n) is 6.70. The number of hydrogen-bond donors (Lipinski definition) is 3. The van der Waals surface area contributed by atoms with Crippen LogP contribution >= 0.6 is 0 Å². The van der Waals surface area contributed by atoms with Crippen LogP contribution in [-0.2, 0) is 11.4 Å². The molecule has 1 aliphatic heterocycles. The zero-order chi connectivity index (χ0) is 15.2.